The molecule has 1 atom stereocenters. The van der Waals surface area contributed by atoms with Crippen LogP contribution >= 0.6 is 0 Å². The topological polar surface area (TPSA) is 79.3 Å². The van der Waals surface area contributed by atoms with Crippen LogP contribution in [0.1, 0.15) is 21.6 Å². The van der Waals surface area contributed by atoms with Gasteiger partial charge in [-0.3, -0.25) is 9.78 Å². The van der Waals surface area contributed by atoms with Gasteiger partial charge in [0, 0.05) is 12.6 Å². The highest BCUT2D eigenvalue weighted by atomic mass is 19.4. The minimum atomic E-state index is -4.50. The second kappa shape index (κ2) is 10.4. The number of amides is 1. The van der Waals surface area contributed by atoms with Gasteiger partial charge in [0.1, 0.15) is 11.7 Å². The molecule has 3 aromatic carbocycles. The predicted octanol–water partition coefficient (Wildman–Crippen LogP) is 5.86. The van der Waals surface area contributed by atoms with Gasteiger partial charge in [0.05, 0.1) is 5.56 Å². The predicted molar refractivity (Wildman–Crippen MR) is 129 cm³/mol. The van der Waals surface area contributed by atoms with Crippen LogP contribution in [0.2, 0.25) is 0 Å². The van der Waals surface area contributed by atoms with Crippen LogP contribution in [-0.4, -0.2) is 28.0 Å². The summed E-state index contributed by atoms with van der Waals surface area (Å²) in [5.74, 6) is -1.96. The number of aromatic nitrogens is 1. The van der Waals surface area contributed by atoms with E-state index in [-0.39, 0.29) is 17.7 Å². The first kappa shape index (κ1) is 24.7. The molecule has 0 aliphatic rings. The quantitative estimate of drug-likeness (QED) is 0.340. The van der Waals surface area contributed by atoms with Gasteiger partial charge >= 0.3 is 12.1 Å². The molecule has 1 amide bonds. The number of halogens is 3. The number of alkyl halides is 3. The van der Waals surface area contributed by atoms with Crippen LogP contribution in [0.4, 0.5) is 13.2 Å². The first-order valence-electron chi connectivity index (χ1n) is 11.0. The Morgan fingerprint density at radius 3 is 2.11 bits per heavy atom. The maximum atomic E-state index is 13.1. The van der Waals surface area contributed by atoms with Gasteiger partial charge in [-0.15, -0.1) is 0 Å². The Morgan fingerprint density at radius 2 is 1.44 bits per heavy atom. The number of nitrogens with zero attached hydrogens (tertiary/aromatic N) is 1. The molecule has 1 aromatic heterocycles. The number of carboxylic acids is 1. The highest BCUT2D eigenvalue weighted by Crippen LogP contribution is 2.32. The van der Waals surface area contributed by atoms with Gasteiger partial charge in [-0.2, -0.15) is 13.2 Å². The highest BCUT2D eigenvalue weighted by Gasteiger charge is 2.30. The molecule has 0 saturated carbocycles. The Hall–Kier alpha value is -4.46. The van der Waals surface area contributed by atoms with Crippen molar-refractivity contribution in [3.05, 3.63) is 114 Å². The van der Waals surface area contributed by atoms with E-state index >= 15 is 0 Å². The molecular weight excluding hydrogens is 469 g/mol. The van der Waals surface area contributed by atoms with Crippen LogP contribution in [0.25, 0.3) is 22.3 Å². The second-order valence-corrected chi connectivity index (χ2v) is 8.14. The third kappa shape index (κ3) is 5.96. The lowest BCUT2D eigenvalue weighted by Crippen LogP contribution is -2.42. The van der Waals surface area contributed by atoms with Crippen molar-refractivity contribution in [3.63, 3.8) is 0 Å². The fraction of sp³-hybridized carbons (Fsp3) is 0.107. The summed E-state index contributed by atoms with van der Waals surface area (Å²) < 4.78 is 39.2. The summed E-state index contributed by atoms with van der Waals surface area (Å²) in [5.41, 5.74) is 2.42. The SMILES string of the molecule is O=C(NC(Cc1ccc(-c2ccccc2)cc1)C(=O)O)c1cc(-c2cccc(C(F)(F)F)c2)ccn1. The molecule has 182 valence electrons. The number of hydrogen-bond acceptors (Lipinski definition) is 3. The van der Waals surface area contributed by atoms with Crippen molar-refractivity contribution in [1.29, 1.82) is 0 Å². The zero-order valence-corrected chi connectivity index (χ0v) is 18.9. The van der Waals surface area contributed by atoms with Crippen LogP contribution < -0.4 is 5.32 Å². The normalized spacial score (nSPS) is 12.1. The number of pyridine rings is 1. The number of nitrogens with one attached hydrogen (secondary N) is 1. The maximum Gasteiger partial charge on any atom is 0.416 e. The van der Waals surface area contributed by atoms with Gasteiger partial charge in [0.25, 0.3) is 5.91 Å². The lowest BCUT2D eigenvalue weighted by molar-refractivity contribution is -0.139. The minimum absolute atomic E-state index is 0.0451. The van der Waals surface area contributed by atoms with Gasteiger partial charge in [0.2, 0.25) is 0 Å². The maximum absolute atomic E-state index is 13.1. The fourth-order valence-corrected chi connectivity index (χ4v) is 3.74. The number of rotatable bonds is 7. The number of aliphatic carboxylic acids is 1. The molecule has 0 saturated heterocycles. The van der Waals surface area contributed by atoms with Gasteiger partial charge in [-0.05, 0) is 52.1 Å². The number of carboxylic acid groups (broad SMARTS) is 1. The number of benzene rings is 3. The third-order valence-electron chi connectivity index (χ3n) is 5.62. The molecule has 0 fully saturated rings. The van der Waals surface area contributed by atoms with E-state index < -0.39 is 29.7 Å². The van der Waals surface area contributed by atoms with Gasteiger partial charge in [-0.1, -0.05) is 66.7 Å². The van der Waals surface area contributed by atoms with Crippen molar-refractivity contribution >= 4 is 11.9 Å². The van der Waals surface area contributed by atoms with E-state index in [1.807, 2.05) is 42.5 Å². The molecule has 0 spiro atoms. The summed E-state index contributed by atoms with van der Waals surface area (Å²) in [4.78, 5) is 28.6. The average molecular weight is 490 g/mol. The molecule has 8 heteroatoms. The van der Waals surface area contributed by atoms with Crippen molar-refractivity contribution < 1.29 is 27.9 Å². The molecule has 1 unspecified atom stereocenters. The van der Waals surface area contributed by atoms with Gasteiger partial charge in [0.15, 0.2) is 0 Å². The van der Waals surface area contributed by atoms with E-state index in [1.54, 1.807) is 12.1 Å². The summed E-state index contributed by atoms with van der Waals surface area (Å²) >= 11 is 0. The van der Waals surface area contributed by atoms with E-state index in [9.17, 15) is 27.9 Å². The standard InChI is InChI=1S/C28H21F3N2O3/c29-28(30,31)23-8-4-7-21(16-23)22-13-14-32-24(17-22)26(34)33-25(27(35)36)15-18-9-11-20(12-10-18)19-5-2-1-3-6-19/h1-14,16-17,25H,15H2,(H,33,34)(H,35,36). The Labute approximate surface area is 205 Å². The Kier molecular flexibility index (Phi) is 7.15. The summed E-state index contributed by atoms with van der Waals surface area (Å²) in [6.07, 6.45) is -3.16. The summed E-state index contributed by atoms with van der Waals surface area (Å²) in [6, 6.07) is 23.4. The zero-order chi connectivity index (χ0) is 25.7. The molecule has 0 aliphatic heterocycles. The molecule has 0 aliphatic carbocycles. The molecule has 36 heavy (non-hydrogen) atoms. The molecule has 4 aromatic rings. The zero-order valence-electron chi connectivity index (χ0n) is 18.9. The van der Waals surface area contributed by atoms with E-state index in [4.69, 9.17) is 0 Å². The molecule has 0 radical (unpaired) electrons. The molecule has 4 rings (SSSR count). The van der Waals surface area contributed by atoms with Gasteiger partial charge < -0.3 is 10.4 Å². The Bertz CT molecular complexity index is 1370. The third-order valence-corrected chi connectivity index (χ3v) is 5.62. The first-order valence-corrected chi connectivity index (χ1v) is 11.0. The Balaban J connectivity index is 1.49. The number of carbonyl (C=O) groups excluding carboxylic acids is 1. The Morgan fingerprint density at radius 1 is 0.806 bits per heavy atom. The molecule has 5 nitrogen and oxygen atoms in total. The number of carbonyl (C=O) groups is 2. The molecule has 2 N–H and O–H groups in total. The molecule has 0 bridgehead atoms. The van der Waals surface area contributed by atoms with Crippen molar-refractivity contribution in [2.45, 2.75) is 18.6 Å². The largest absolute Gasteiger partial charge is 0.480 e. The number of hydrogen-bond donors (Lipinski definition) is 2. The monoisotopic (exact) mass is 490 g/mol. The van der Waals surface area contributed by atoms with Crippen molar-refractivity contribution in [2.24, 2.45) is 0 Å². The van der Waals surface area contributed by atoms with Crippen LogP contribution in [0.15, 0.2) is 97.2 Å². The van der Waals surface area contributed by atoms with Crippen LogP contribution in [0.5, 0.6) is 0 Å². The van der Waals surface area contributed by atoms with Crippen molar-refractivity contribution in [2.75, 3.05) is 0 Å². The van der Waals surface area contributed by atoms with Crippen molar-refractivity contribution in [3.8, 4) is 22.3 Å². The second-order valence-electron chi connectivity index (χ2n) is 8.14. The molecular formula is C28H21F3N2O3. The van der Waals surface area contributed by atoms with E-state index in [0.29, 0.717) is 11.1 Å². The van der Waals surface area contributed by atoms with E-state index in [0.717, 1.165) is 23.3 Å². The van der Waals surface area contributed by atoms with E-state index in [2.05, 4.69) is 10.3 Å². The van der Waals surface area contributed by atoms with Crippen LogP contribution in [-0.2, 0) is 17.4 Å². The smallest absolute Gasteiger partial charge is 0.416 e. The first-order chi connectivity index (χ1) is 17.2. The lowest BCUT2D eigenvalue weighted by atomic mass is 10.0. The fourth-order valence-electron chi connectivity index (χ4n) is 3.74. The van der Waals surface area contributed by atoms with Crippen molar-refractivity contribution in [1.82, 2.24) is 10.3 Å². The van der Waals surface area contributed by atoms with Crippen LogP contribution in [0.3, 0.4) is 0 Å². The van der Waals surface area contributed by atoms with Crippen LogP contribution in [0, 0.1) is 0 Å². The minimum Gasteiger partial charge on any atom is -0.480 e. The molecule has 1 heterocycles. The lowest BCUT2D eigenvalue weighted by Gasteiger charge is -2.15. The highest BCUT2D eigenvalue weighted by molar-refractivity contribution is 5.96. The average Bonchev–Trinajstić information content (AvgIpc) is 2.89. The van der Waals surface area contributed by atoms with Gasteiger partial charge in [-0.25, -0.2) is 4.79 Å². The summed E-state index contributed by atoms with van der Waals surface area (Å²) in [7, 11) is 0. The van der Waals surface area contributed by atoms with E-state index in [1.165, 1.54) is 30.5 Å². The summed E-state index contributed by atoms with van der Waals surface area (Å²) in [5, 5.41) is 12.1. The summed E-state index contributed by atoms with van der Waals surface area (Å²) in [6.45, 7) is 0.